The molecule has 114 valence electrons. The first-order chi connectivity index (χ1) is 9.63. The van der Waals surface area contributed by atoms with Crippen molar-refractivity contribution in [1.29, 1.82) is 0 Å². The quantitative estimate of drug-likeness (QED) is 0.658. The highest BCUT2D eigenvalue weighted by Gasteiger charge is 2.05. The third-order valence-electron chi connectivity index (χ3n) is 3.09. The van der Waals surface area contributed by atoms with Gasteiger partial charge in [0.05, 0.1) is 12.7 Å². The maximum absolute atomic E-state index is 5.64. The van der Waals surface area contributed by atoms with Crippen molar-refractivity contribution >= 4 is 0 Å². The Morgan fingerprint density at radius 2 is 1.75 bits per heavy atom. The van der Waals surface area contributed by atoms with E-state index in [1.54, 1.807) is 0 Å². The molecule has 0 spiro atoms. The summed E-state index contributed by atoms with van der Waals surface area (Å²) in [7, 11) is 0. The highest BCUT2D eigenvalue weighted by Crippen LogP contribution is 2.18. The van der Waals surface area contributed by atoms with Crippen molar-refractivity contribution in [3.63, 3.8) is 0 Å². The van der Waals surface area contributed by atoms with Crippen molar-refractivity contribution in [2.24, 2.45) is 0 Å². The van der Waals surface area contributed by atoms with Gasteiger partial charge >= 0.3 is 0 Å². The summed E-state index contributed by atoms with van der Waals surface area (Å²) < 4.78 is 11.2. The fourth-order valence-corrected chi connectivity index (χ4v) is 1.92. The predicted octanol–water partition coefficient (Wildman–Crippen LogP) is 3.94. The molecule has 0 amide bonds. The molecule has 1 N–H and O–H groups in total. The third kappa shape index (κ3) is 6.92. The zero-order valence-corrected chi connectivity index (χ0v) is 13.3. The Balaban J connectivity index is 2.27. The average molecular weight is 279 g/mol. The van der Waals surface area contributed by atoms with Crippen LogP contribution >= 0.6 is 0 Å². The minimum atomic E-state index is 0.219. The second-order valence-corrected chi connectivity index (χ2v) is 5.38. The van der Waals surface area contributed by atoms with Crippen LogP contribution in [0, 0.1) is 0 Å². The van der Waals surface area contributed by atoms with Crippen molar-refractivity contribution in [2.75, 3.05) is 19.8 Å². The fourth-order valence-electron chi connectivity index (χ4n) is 1.92. The van der Waals surface area contributed by atoms with Crippen LogP contribution in [0.2, 0.25) is 0 Å². The predicted molar refractivity (Wildman–Crippen MR) is 84.4 cm³/mol. The number of rotatable bonds is 10. The summed E-state index contributed by atoms with van der Waals surface area (Å²) >= 11 is 0. The van der Waals surface area contributed by atoms with Gasteiger partial charge in [-0.25, -0.2) is 0 Å². The summed E-state index contributed by atoms with van der Waals surface area (Å²) in [6.45, 7) is 11.0. The lowest BCUT2D eigenvalue weighted by Crippen LogP contribution is -2.23. The second kappa shape index (κ2) is 9.78. The summed E-state index contributed by atoms with van der Waals surface area (Å²) in [5.41, 5.74) is 1.27. The van der Waals surface area contributed by atoms with E-state index in [0.717, 1.165) is 31.9 Å². The van der Waals surface area contributed by atoms with E-state index in [0.29, 0.717) is 6.04 Å². The highest BCUT2D eigenvalue weighted by atomic mass is 16.5. The molecule has 0 fully saturated rings. The van der Waals surface area contributed by atoms with Crippen LogP contribution in [0.25, 0.3) is 0 Å². The normalized spacial score (nSPS) is 12.7. The van der Waals surface area contributed by atoms with Crippen LogP contribution in [-0.2, 0) is 4.74 Å². The van der Waals surface area contributed by atoms with Gasteiger partial charge in [0, 0.05) is 19.2 Å². The molecule has 0 aliphatic rings. The number of benzene rings is 1. The van der Waals surface area contributed by atoms with E-state index in [-0.39, 0.29) is 6.10 Å². The van der Waals surface area contributed by atoms with Crippen LogP contribution in [0.5, 0.6) is 5.75 Å². The molecular formula is C17H29NO2. The SMILES string of the molecule is CCCCOCCNC(C)c1ccc(OC(C)C)cc1. The topological polar surface area (TPSA) is 30.5 Å². The first kappa shape index (κ1) is 17.0. The van der Waals surface area contributed by atoms with E-state index in [2.05, 4.69) is 31.3 Å². The van der Waals surface area contributed by atoms with E-state index in [1.165, 1.54) is 12.0 Å². The molecule has 1 aromatic rings. The zero-order valence-electron chi connectivity index (χ0n) is 13.3. The van der Waals surface area contributed by atoms with Crippen LogP contribution in [0.1, 0.15) is 52.1 Å². The van der Waals surface area contributed by atoms with Crippen molar-refractivity contribution in [3.8, 4) is 5.75 Å². The van der Waals surface area contributed by atoms with Gasteiger partial charge in [0.25, 0.3) is 0 Å². The number of nitrogens with one attached hydrogen (secondary N) is 1. The van der Waals surface area contributed by atoms with E-state index >= 15 is 0 Å². The van der Waals surface area contributed by atoms with E-state index in [4.69, 9.17) is 9.47 Å². The summed E-state index contributed by atoms with van der Waals surface area (Å²) in [6, 6.07) is 8.63. The molecule has 3 heteroatoms. The Bertz CT molecular complexity index is 349. The van der Waals surface area contributed by atoms with Crippen LogP contribution in [0.3, 0.4) is 0 Å². The Morgan fingerprint density at radius 1 is 1.05 bits per heavy atom. The summed E-state index contributed by atoms with van der Waals surface area (Å²) in [6.07, 6.45) is 2.55. The number of ether oxygens (including phenoxy) is 2. The summed E-state index contributed by atoms with van der Waals surface area (Å²) in [5.74, 6) is 0.929. The Kier molecular flexibility index (Phi) is 8.31. The van der Waals surface area contributed by atoms with Crippen LogP contribution in [0.15, 0.2) is 24.3 Å². The molecule has 0 saturated carbocycles. The summed E-state index contributed by atoms with van der Waals surface area (Å²) in [4.78, 5) is 0. The van der Waals surface area contributed by atoms with Crippen molar-refractivity contribution < 1.29 is 9.47 Å². The maximum Gasteiger partial charge on any atom is 0.119 e. The van der Waals surface area contributed by atoms with Gasteiger partial charge in [0.15, 0.2) is 0 Å². The van der Waals surface area contributed by atoms with Gasteiger partial charge in [-0.1, -0.05) is 25.5 Å². The van der Waals surface area contributed by atoms with Gasteiger partial charge in [-0.3, -0.25) is 0 Å². The molecule has 0 bridgehead atoms. The molecule has 20 heavy (non-hydrogen) atoms. The molecule has 0 saturated heterocycles. The van der Waals surface area contributed by atoms with Crippen LogP contribution in [0.4, 0.5) is 0 Å². The van der Waals surface area contributed by atoms with Gasteiger partial charge in [0.2, 0.25) is 0 Å². The molecule has 1 aromatic carbocycles. The molecular weight excluding hydrogens is 250 g/mol. The van der Waals surface area contributed by atoms with E-state index in [1.807, 2.05) is 26.0 Å². The Morgan fingerprint density at radius 3 is 2.35 bits per heavy atom. The molecule has 1 rings (SSSR count). The van der Waals surface area contributed by atoms with Gasteiger partial charge in [-0.15, -0.1) is 0 Å². The van der Waals surface area contributed by atoms with Gasteiger partial charge in [-0.2, -0.15) is 0 Å². The molecule has 3 nitrogen and oxygen atoms in total. The van der Waals surface area contributed by atoms with Crippen LogP contribution in [-0.4, -0.2) is 25.9 Å². The monoisotopic (exact) mass is 279 g/mol. The first-order valence-corrected chi connectivity index (χ1v) is 7.71. The zero-order chi connectivity index (χ0) is 14.8. The molecule has 0 aromatic heterocycles. The van der Waals surface area contributed by atoms with E-state index < -0.39 is 0 Å². The van der Waals surface area contributed by atoms with Gasteiger partial charge in [0.1, 0.15) is 5.75 Å². The Hall–Kier alpha value is -1.06. The van der Waals surface area contributed by atoms with Crippen LogP contribution < -0.4 is 10.1 Å². The first-order valence-electron chi connectivity index (χ1n) is 7.71. The minimum absolute atomic E-state index is 0.219. The lowest BCUT2D eigenvalue weighted by molar-refractivity contribution is 0.131. The smallest absolute Gasteiger partial charge is 0.119 e. The lowest BCUT2D eigenvalue weighted by Gasteiger charge is -2.15. The minimum Gasteiger partial charge on any atom is -0.491 e. The standard InChI is InChI=1S/C17H29NO2/c1-5-6-12-19-13-11-18-15(4)16-7-9-17(10-8-16)20-14(2)3/h7-10,14-15,18H,5-6,11-13H2,1-4H3. The second-order valence-electron chi connectivity index (χ2n) is 5.38. The molecule has 0 heterocycles. The van der Waals surface area contributed by atoms with Gasteiger partial charge < -0.3 is 14.8 Å². The molecule has 0 aliphatic carbocycles. The van der Waals surface area contributed by atoms with Crippen molar-refractivity contribution in [3.05, 3.63) is 29.8 Å². The van der Waals surface area contributed by atoms with Crippen molar-refractivity contribution in [2.45, 2.75) is 52.7 Å². The third-order valence-corrected chi connectivity index (χ3v) is 3.09. The molecule has 0 aliphatic heterocycles. The molecule has 0 radical (unpaired) electrons. The van der Waals surface area contributed by atoms with Gasteiger partial charge in [-0.05, 0) is 44.9 Å². The fraction of sp³-hybridized carbons (Fsp3) is 0.647. The maximum atomic E-state index is 5.64. The average Bonchev–Trinajstić information content (AvgIpc) is 2.42. The number of hydrogen-bond donors (Lipinski definition) is 1. The molecule has 1 unspecified atom stereocenters. The van der Waals surface area contributed by atoms with E-state index in [9.17, 15) is 0 Å². The Labute approximate surface area is 123 Å². The molecule has 1 atom stereocenters. The lowest BCUT2D eigenvalue weighted by atomic mass is 10.1. The van der Waals surface area contributed by atoms with Crippen molar-refractivity contribution in [1.82, 2.24) is 5.32 Å². The number of hydrogen-bond acceptors (Lipinski definition) is 3. The summed E-state index contributed by atoms with van der Waals surface area (Å²) in [5, 5.41) is 3.47. The largest absolute Gasteiger partial charge is 0.491 e. The highest BCUT2D eigenvalue weighted by molar-refractivity contribution is 5.29. The number of unbranched alkanes of at least 4 members (excludes halogenated alkanes) is 1.